The summed E-state index contributed by atoms with van der Waals surface area (Å²) >= 11 is 0. The molecule has 0 aliphatic rings. The Morgan fingerprint density at radius 3 is 2.20 bits per heavy atom. The van der Waals surface area contributed by atoms with Crippen LogP contribution < -0.4 is 11.3 Å². The number of nitrogens with zero attached hydrogens (tertiary/aromatic N) is 3. The van der Waals surface area contributed by atoms with Crippen molar-refractivity contribution in [3.63, 3.8) is 0 Å². The van der Waals surface area contributed by atoms with Crippen LogP contribution in [0.25, 0.3) is 0 Å². The van der Waals surface area contributed by atoms with Crippen LogP contribution in [0.2, 0.25) is 0 Å². The van der Waals surface area contributed by atoms with Gasteiger partial charge in [-0.2, -0.15) is 5.10 Å². The molecule has 56 valence electrons. The SMILES string of the molecule is Cc1cc(=NN)n(C)n1C. The summed E-state index contributed by atoms with van der Waals surface area (Å²) < 4.78 is 3.86. The highest BCUT2D eigenvalue weighted by molar-refractivity contribution is 4.97. The number of nitrogens with two attached hydrogens (primary N) is 1. The van der Waals surface area contributed by atoms with Gasteiger partial charge in [0.05, 0.1) is 0 Å². The van der Waals surface area contributed by atoms with Gasteiger partial charge in [-0.15, -0.1) is 0 Å². The number of rotatable bonds is 0. The van der Waals surface area contributed by atoms with Crippen LogP contribution in [-0.2, 0) is 14.1 Å². The average Bonchev–Trinajstić information content (AvgIpc) is 2.17. The molecule has 0 radical (unpaired) electrons. The minimum atomic E-state index is 0.792. The van der Waals surface area contributed by atoms with E-state index >= 15 is 0 Å². The summed E-state index contributed by atoms with van der Waals surface area (Å²) in [5.41, 5.74) is 1.94. The van der Waals surface area contributed by atoms with Crippen molar-refractivity contribution in [3.05, 3.63) is 17.2 Å². The summed E-state index contributed by atoms with van der Waals surface area (Å²) in [5, 5.41) is 3.59. The van der Waals surface area contributed by atoms with Crippen molar-refractivity contribution in [3.8, 4) is 0 Å². The molecule has 1 aromatic rings. The van der Waals surface area contributed by atoms with E-state index in [1.165, 1.54) is 0 Å². The minimum absolute atomic E-state index is 0.792. The lowest BCUT2D eigenvalue weighted by atomic mass is 10.5. The molecule has 0 saturated carbocycles. The number of hydrogen-bond acceptors (Lipinski definition) is 2. The Morgan fingerprint density at radius 1 is 1.40 bits per heavy atom. The Bertz CT molecular complexity index is 291. The molecule has 0 aliphatic carbocycles. The fourth-order valence-electron chi connectivity index (χ4n) is 0.885. The Hall–Kier alpha value is -1.19. The number of aryl methyl sites for hydroxylation is 1. The molecule has 0 fully saturated rings. The third kappa shape index (κ3) is 0.814. The van der Waals surface area contributed by atoms with Gasteiger partial charge in [-0.05, 0) is 6.92 Å². The summed E-state index contributed by atoms with van der Waals surface area (Å²) in [7, 11) is 3.88. The Labute approximate surface area is 59.5 Å². The smallest absolute Gasteiger partial charge is 0.168 e. The third-order valence-corrected chi connectivity index (χ3v) is 1.76. The largest absolute Gasteiger partial charge is 0.321 e. The zero-order valence-corrected chi connectivity index (χ0v) is 6.50. The van der Waals surface area contributed by atoms with Crippen molar-refractivity contribution in [1.82, 2.24) is 9.36 Å². The van der Waals surface area contributed by atoms with Gasteiger partial charge in [0, 0.05) is 25.9 Å². The fraction of sp³-hybridized carbons (Fsp3) is 0.500. The van der Waals surface area contributed by atoms with E-state index in [-0.39, 0.29) is 0 Å². The van der Waals surface area contributed by atoms with E-state index in [0.717, 1.165) is 11.2 Å². The van der Waals surface area contributed by atoms with Crippen molar-refractivity contribution >= 4 is 0 Å². The topological polar surface area (TPSA) is 48.2 Å². The molecule has 4 heteroatoms. The molecule has 1 heterocycles. The standard InChI is InChI=1S/C6H12N4/c1-5-4-6(8-7)10(3)9(5)2/h4H,7H2,1-3H3. The normalized spacial score (nSPS) is 12.5. The number of hydrogen-bond donors (Lipinski definition) is 1. The lowest BCUT2D eigenvalue weighted by Crippen LogP contribution is -2.19. The summed E-state index contributed by atoms with van der Waals surface area (Å²) in [5.74, 6) is 5.12. The first-order valence-electron chi connectivity index (χ1n) is 3.10. The van der Waals surface area contributed by atoms with Crippen LogP contribution in [-0.4, -0.2) is 9.36 Å². The highest BCUT2D eigenvalue weighted by Gasteiger charge is 1.95. The second-order valence-electron chi connectivity index (χ2n) is 2.32. The monoisotopic (exact) mass is 140 g/mol. The highest BCUT2D eigenvalue weighted by atomic mass is 15.4. The predicted octanol–water partition coefficient (Wildman–Crippen LogP) is -0.554. The van der Waals surface area contributed by atoms with Crippen molar-refractivity contribution in [1.29, 1.82) is 0 Å². The number of aromatic nitrogens is 2. The van der Waals surface area contributed by atoms with Crippen LogP contribution in [0, 0.1) is 6.92 Å². The zero-order chi connectivity index (χ0) is 7.72. The van der Waals surface area contributed by atoms with Gasteiger partial charge in [-0.1, -0.05) is 0 Å². The molecule has 0 aromatic carbocycles. The lowest BCUT2D eigenvalue weighted by Gasteiger charge is -2.00. The van der Waals surface area contributed by atoms with E-state index in [2.05, 4.69) is 5.10 Å². The first-order chi connectivity index (χ1) is 4.66. The van der Waals surface area contributed by atoms with Gasteiger partial charge in [0.25, 0.3) is 0 Å². The van der Waals surface area contributed by atoms with E-state index < -0.39 is 0 Å². The summed E-state index contributed by atoms with van der Waals surface area (Å²) in [6.07, 6.45) is 0. The van der Waals surface area contributed by atoms with Gasteiger partial charge in [-0.25, -0.2) is 0 Å². The van der Waals surface area contributed by atoms with E-state index in [0.29, 0.717) is 0 Å². The minimum Gasteiger partial charge on any atom is -0.321 e. The molecule has 0 amide bonds. The van der Waals surface area contributed by atoms with Crippen molar-refractivity contribution in [2.75, 3.05) is 0 Å². The van der Waals surface area contributed by atoms with Crippen LogP contribution in [0.3, 0.4) is 0 Å². The average molecular weight is 140 g/mol. The Morgan fingerprint density at radius 2 is 2.00 bits per heavy atom. The van der Waals surface area contributed by atoms with Gasteiger partial charge < -0.3 is 5.84 Å². The van der Waals surface area contributed by atoms with Crippen LogP contribution >= 0.6 is 0 Å². The molecule has 10 heavy (non-hydrogen) atoms. The van der Waals surface area contributed by atoms with Gasteiger partial charge in [0.15, 0.2) is 5.49 Å². The van der Waals surface area contributed by atoms with Crippen LogP contribution in [0.1, 0.15) is 5.69 Å². The Balaban J connectivity index is 3.46. The van der Waals surface area contributed by atoms with Crippen LogP contribution in [0.4, 0.5) is 0 Å². The van der Waals surface area contributed by atoms with Crippen molar-refractivity contribution < 1.29 is 0 Å². The van der Waals surface area contributed by atoms with Crippen molar-refractivity contribution in [2.45, 2.75) is 6.92 Å². The molecule has 0 spiro atoms. The van der Waals surface area contributed by atoms with E-state index in [4.69, 9.17) is 5.84 Å². The molecular weight excluding hydrogens is 128 g/mol. The highest BCUT2D eigenvalue weighted by Crippen LogP contribution is 1.88. The van der Waals surface area contributed by atoms with Crippen LogP contribution in [0.15, 0.2) is 11.2 Å². The van der Waals surface area contributed by atoms with Gasteiger partial charge in [-0.3, -0.25) is 9.36 Å². The second-order valence-corrected chi connectivity index (χ2v) is 2.32. The Kier molecular flexibility index (Phi) is 1.53. The molecule has 4 nitrogen and oxygen atoms in total. The molecule has 1 aromatic heterocycles. The van der Waals surface area contributed by atoms with Crippen molar-refractivity contribution in [2.24, 2.45) is 25.0 Å². The summed E-state index contributed by atoms with van der Waals surface area (Å²) in [6, 6.07) is 1.93. The summed E-state index contributed by atoms with van der Waals surface area (Å²) in [6.45, 7) is 2.01. The first-order valence-corrected chi connectivity index (χ1v) is 3.10. The van der Waals surface area contributed by atoms with Gasteiger partial charge in [0.1, 0.15) is 0 Å². The second kappa shape index (κ2) is 2.21. The molecule has 0 bridgehead atoms. The lowest BCUT2D eigenvalue weighted by molar-refractivity contribution is 0.558. The summed E-state index contributed by atoms with van der Waals surface area (Å²) in [4.78, 5) is 0. The fourth-order valence-corrected chi connectivity index (χ4v) is 0.885. The quantitative estimate of drug-likeness (QED) is 0.381. The maximum atomic E-state index is 5.12. The van der Waals surface area contributed by atoms with E-state index in [9.17, 15) is 0 Å². The molecule has 2 N–H and O–H groups in total. The van der Waals surface area contributed by atoms with E-state index in [1.807, 2.05) is 36.4 Å². The zero-order valence-electron chi connectivity index (χ0n) is 6.50. The van der Waals surface area contributed by atoms with Crippen LogP contribution in [0.5, 0.6) is 0 Å². The van der Waals surface area contributed by atoms with Gasteiger partial charge >= 0.3 is 0 Å². The predicted molar refractivity (Wildman–Crippen MR) is 38.9 cm³/mol. The molecule has 0 saturated heterocycles. The molecule has 0 aliphatic heterocycles. The molecular formula is C6H12N4. The maximum absolute atomic E-state index is 5.12. The third-order valence-electron chi connectivity index (χ3n) is 1.76. The molecule has 1 rings (SSSR count). The first kappa shape index (κ1) is 6.92. The maximum Gasteiger partial charge on any atom is 0.168 e. The van der Waals surface area contributed by atoms with E-state index in [1.54, 1.807) is 0 Å². The molecule has 0 unspecified atom stereocenters. The molecule has 0 atom stereocenters. The van der Waals surface area contributed by atoms with Gasteiger partial charge in [0.2, 0.25) is 0 Å².